The van der Waals surface area contributed by atoms with E-state index < -0.39 is 0 Å². The molecule has 0 radical (unpaired) electrons. The highest BCUT2D eigenvalue weighted by Crippen LogP contribution is 2.22. The van der Waals surface area contributed by atoms with Crippen LogP contribution in [0.4, 0.5) is 21.8 Å². The fraction of sp³-hybridized carbons (Fsp3) is 0.273. The monoisotopic (exact) mass is 393 g/mol. The van der Waals surface area contributed by atoms with E-state index in [1.54, 1.807) is 31.5 Å². The largest absolute Gasteiger partial charge is 0.497 e. The van der Waals surface area contributed by atoms with Gasteiger partial charge in [-0.1, -0.05) is 18.2 Å². The fourth-order valence-electron chi connectivity index (χ4n) is 3.38. The molecule has 0 unspecified atom stereocenters. The first-order valence-corrected chi connectivity index (χ1v) is 9.67. The molecule has 1 saturated heterocycles. The van der Waals surface area contributed by atoms with Crippen LogP contribution in [0.25, 0.3) is 0 Å². The van der Waals surface area contributed by atoms with Crippen LogP contribution in [0, 0.1) is 5.82 Å². The highest BCUT2D eigenvalue weighted by molar-refractivity contribution is 5.51. The quantitative estimate of drug-likeness (QED) is 0.691. The van der Waals surface area contributed by atoms with E-state index in [4.69, 9.17) is 4.74 Å². The van der Waals surface area contributed by atoms with Crippen molar-refractivity contribution in [3.63, 3.8) is 0 Å². The van der Waals surface area contributed by atoms with Gasteiger partial charge in [0.05, 0.1) is 7.11 Å². The van der Waals surface area contributed by atoms with Crippen LogP contribution in [0.5, 0.6) is 5.75 Å². The van der Waals surface area contributed by atoms with Crippen molar-refractivity contribution in [3.05, 3.63) is 72.2 Å². The van der Waals surface area contributed by atoms with Gasteiger partial charge >= 0.3 is 0 Å². The molecule has 0 atom stereocenters. The summed E-state index contributed by atoms with van der Waals surface area (Å²) >= 11 is 0. The van der Waals surface area contributed by atoms with Gasteiger partial charge in [0.2, 0.25) is 5.95 Å². The molecule has 3 aromatic rings. The lowest BCUT2D eigenvalue weighted by Crippen LogP contribution is -2.47. The maximum atomic E-state index is 13.8. The number of anilines is 3. The Kier molecular flexibility index (Phi) is 5.74. The number of halogens is 1. The topological polar surface area (TPSA) is 53.5 Å². The molecule has 4 rings (SSSR count). The SMILES string of the molecule is COc1ccc(N2CCN(c3nccc(NCc4ccccc4F)n3)CC2)cc1. The highest BCUT2D eigenvalue weighted by atomic mass is 19.1. The van der Waals surface area contributed by atoms with Crippen LogP contribution in [0.15, 0.2) is 60.8 Å². The molecule has 29 heavy (non-hydrogen) atoms. The Morgan fingerprint density at radius 3 is 2.41 bits per heavy atom. The summed E-state index contributed by atoms with van der Waals surface area (Å²) < 4.78 is 19.0. The molecule has 2 heterocycles. The maximum Gasteiger partial charge on any atom is 0.227 e. The lowest BCUT2D eigenvalue weighted by molar-refractivity contribution is 0.415. The molecule has 0 bridgehead atoms. The van der Waals surface area contributed by atoms with Crippen LogP contribution in [-0.4, -0.2) is 43.3 Å². The maximum absolute atomic E-state index is 13.8. The molecule has 6 nitrogen and oxygen atoms in total. The molecule has 0 spiro atoms. The van der Waals surface area contributed by atoms with Gasteiger partial charge in [-0.15, -0.1) is 0 Å². The molecule has 2 aromatic carbocycles. The minimum Gasteiger partial charge on any atom is -0.497 e. The van der Waals surface area contributed by atoms with Gasteiger partial charge in [-0.2, -0.15) is 4.98 Å². The number of hydrogen-bond donors (Lipinski definition) is 1. The number of rotatable bonds is 6. The summed E-state index contributed by atoms with van der Waals surface area (Å²) in [6.07, 6.45) is 1.74. The number of nitrogens with one attached hydrogen (secondary N) is 1. The van der Waals surface area contributed by atoms with Crippen LogP contribution in [-0.2, 0) is 6.54 Å². The molecule has 0 amide bonds. The van der Waals surface area contributed by atoms with E-state index >= 15 is 0 Å². The normalized spacial score (nSPS) is 14.0. The average Bonchev–Trinajstić information content (AvgIpc) is 2.79. The van der Waals surface area contributed by atoms with Crippen molar-refractivity contribution in [1.82, 2.24) is 9.97 Å². The van der Waals surface area contributed by atoms with Gasteiger partial charge in [-0.25, -0.2) is 9.37 Å². The minimum atomic E-state index is -0.219. The van der Waals surface area contributed by atoms with E-state index in [1.165, 1.54) is 11.8 Å². The van der Waals surface area contributed by atoms with Crippen LogP contribution < -0.4 is 19.9 Å². The van der Waals surface area contributed by atoms with E-state index in [0.29, 0.717) is 23.9 Å². The number of ether oxygens (including phenoxy) is 1. The molecular weight excluding hydrogens is 369 g/mol. The Bertz CT molecular complexity index is 942. The van der Waals surface area contributed by atoms with E-state index in [1.807, 2.05) is 18.2 Å². The number of hydrogen-bond acceptors (Lipinski definition) is 6. The van der Waals surface area contributed by atoms with E-state index in [0.717, 1.165) is 31.9 Å². The van der Waals surface area contributed by atoms with Crippen molar-refractivity contribution in [2.75, 3.05) is 48.4 Å². The summed E-state index contributed by atoms with van der Waals surface area (Å²) in [7, 11) is 1.67. The summed E-state index contributed by atoms with van der Waals surface area (Å²) in [5.41, 5.74) is 1.80. The molecule has 1 aliphatic rings. The second-order valence-corrected chi connectivity index (χ2v) is 6.86. The fourth-order valence-corrected chi connectivity index (χ4v) is 3.38. The van der Waals surface area contributed by atoms with E-state index in [9.17, 15) is 4.39 Å². The Morgan fingerprint density at radius 1 is 0.966 bits per heavy atom. The second kappa shape index (κ2) is 8.77. The van der Waals surface area contributed by atoms with Gasteiger partial charge in [-0.3, -0.25) is 0 Å². The first-order valence-electron chi connectivity index (χ1n) is 9.67. The second-order valence-electron chi connectivity index (χ2n) is 6.86. The van der Waals surface area contributed by atoms with Crippen molar-refractivity contribution in [1.29, 1.82) is 0 Å². The Morgan fingerprint density at radius 2 is 1.69 bits per heavy atom. The molecule has 1 N–H and O–H groups in total. The molecule has 7 heteroatoms. The zero-order chi connectivity index (χ0) is 20.1. The van der Waals surface area contributed by atoms with Gasteiger partial charge in [0.1, 0.15) is 17.4 Å². The average molecular weight is 393 g/mol. The van der Waals surface area contributed by atoms with Crippen molar-refractivity contribution in [3.8, 4) is 5.75 Å². The molecule has 1 fully saturated rings. The lowest BCUT2D eigenvalue weighted by Gasteiger charge is -2.36. The van der Waals surface area contributed by atoms with Crippen molar-refractivity contribution in [2.45, 2.75) is 6.54 Å². The number of piperazine rings is 1. The van der Waals surface area contributed by atoms with Crippen LogP contribution >= 0.6 is 0 Å². The third kappa shape index (κ3) is 4.56. The van der Waals surface area contributed by atoms with Crippen molar-refractivity contribution >= 4 is 17.5 Å². The van der Waals surface area contributed by atoms with Gasteiger partial charge < -0.3 is 19.9 Å². The minimum absolute atomic E-state index is 0.219. The molecule has 1 aromatic heterocycles. The number of aromatic nitrogens is 2. The molecule has 0 saturated carbocycles. The predicted octanol–water partition coefficient (Wildman–Crippen LogP) is 3.56. The van der Waals surface area contributed by atoms with Crippen LogP contribution in [0.3, 0.4) is 0 Å². The summed E-state index contributed by atoms with van der Waals surface area (Å²) in [5, 5.41) is 3.19. The summed E-state index contributed by atoms with van der Waals surface area (Å²) in [6.45, 7) is 3.84. The zero-order valence-electron chi connectivity index (χ0n) is 16.4. The lowest BCUT2D eigenvalue weighted by atomic mass is 10.2. The highest BCUT2D eigenvalue weighted by Gasteiger charge is 2.19. The van der Waals surface area contributed by atoms with Gasteiger partial charge in [-0.05, 0) is 36.4 Å². The molecule has 150 valence electrons. The van der Waals surface area contributed by atoms with Gasteiger partial charge in [0.15, 0.2) is 0 Å². The van der Waals surface area contributed by atoms with E-state index in [-0.39, 0.29) is 5.82 Å². The number of methoxy groups -OCH3 is 1. The molecule has 0 aliphatic carbocycles. The van der Waals surface area contributed by atoms with Crippen molar-refractivity contribution < 1.29 is 9.13 Å². The Hall–Kier alpha value is -3.35. The molecular formula is C22H24FN5O. The Balaban J connectivity index is 1.36. The van der Waals surface area contributed by atoms with Gasteiger partial charge in [0, 0.05) is 50.2 Å². The predicted molar refractivity (Wildman–Crippen MR) is 113 cm³/mol. The first kappa shape index (κ1) is 19.0. The Labute approximate surface area is 170 Å². The summed E-state index contributed by atoms with van der Waals surface area (Å²) in [5.74, 6) is 2.03. The first-order chi connectivity index (χ1) is 14.2. The summed E-state index contributed by atoms with van der Waals surface area (Å²) in [4.78, 5) is 13.5. The summed E-state index contributed by atoms with van der Waals surface area (Å²) in [6, 6.07) is 16.7. The third-order valence-electron chi connectivity index (χ3n) is 5.06. The van der Waals surface area contributed by atoms with Crippen molar-refractivity contribution in [2.24, 2.45) is 0 Å². The van der Waals surface area contributed by atoms with E-state index in [2.05, 4.69) is 37.2 Å². The van der Waals surface area contributed by atoms with Crippen LogP contribution in [0.2, 0.25) is 0 Å². The molecule has 1 aliphatic heterocycles. The standard InChI is InChI=1S/C22H24FN5O/c1-29-19-8-6-18(7-9-19)27-12-14-28(15-13-27)22-24-11-10-21(26-22)25-16-17-4-2-3-5-20(17)23/h2-11H,12-16H2,1H3,(H,24,25,26). The number of nitrogens with zero attached hydrogens (tertiary/aromatic N) is 4. The smallest absolute Gasteiger partial charge is 0.227 e. The van der Waals surface area contributed by atoms with Crippen LogP contribution in [0.1, 0.15) is 5.56 Å². The number of benzene rings is 2. The zero-order valence-corrected chi connectivity index (χ0v) is 16.4. The van der Waals surface area contributed by atoms with Gasteiger partial charge in [0.25, 0.3) is 0 Å². The third-order valence-corrected chi connectivity index (χ3v) is 5.06.